The highest BCUT2D eigenvalue weighted by Crippen LogP contribution is 2.38. The summed E-state index contributed by atoms with van der Waals surface area (Å²) in [7, 11) is 0. The van der Waals surface area contributed by atoms with Crippen LogP contribution in [0.2, 0.25) is 0 Å². The summed E-state index contributed by atoms with van der Waals surface area (Å²) in [6, 6.07) is 7.83. The van der Waals surface area contributed by atoms with E-state index in [1.807, 2.05) is 37.8 Å². The number of carbonyl (C=O) groups excluding carboxylic acids is 2. The molecule has 0 spiro atoms. The van der Waals surface area contributed by atoms with Gasteiger partial charge in [0.1, 0.15) is 11.4 Å². The number of ether oxygens (including phenoxy) is 3. The van der Waals surface area contributed by atoms with Crippen molar-refractivity contribution in [2.45, 2.75) is 95.4 Å². The fourth-order valence-electron chi connectivity index (χ4n) is 5.32. The number of nitrogens with one attached hydrogen (secondary N) is 1. The smallest absolute Gasteiger partial charge is 0.407 e. The first-order valence-corrected chi connectivity index (χ1v) is 12.4. The topological polar surface area (TPSA) is 77.1 Å². The molecule has 2 atom stereocenters. The van der Waals surface area contributed by atoms with Crippen molar-refractivity contribution in [3.05, 3.63) is 29.8 Å². The lowest BCUT2D eigenvalue weighted by molar-refractivity contribution is -0.139. The number of amides is 2. The molecule has 2 fully saturated rings. The second kappa shape index (κ2) is 10.3. The standard InChI is InChI=1S/C26H38N2O5/c1-26(2,3)33-25(30)27-21-8-6-15-28-22(21)17-32-19-12-10-18(11-13-19)20-7-4-5-9-23(20)31-16-14-24(28)29/h4-5,7,9,18-19,21-22H,6,8,10-17H2,1-3H3,(H,27,30)/t18?,19?,21-,22-/m0/s1. The molecule has 1 aromatic carbocycles. The van der Waals surface area contributed by atoms with E-state index in [0.29, 0.717) is 32.1 Å². The van der Waals surface area contributed by atoms with Gasteiger partial charge in [-0.15, -0.1) is 0 Å². The Morgan fingerprint density at radius 1 is 1.12 bits per heavy atom. The van der Waals surface area contributed by atoms with E-state index in [0.717, 1.165) is 44.3 Å². The van der Waals surface area contributed by atoms with Crippen LogP contribution < -0.4 is 10.1 Å². The maximum absolute atomic E-state index is 13.2. The number of para-hydroxylation sites is 1. The highest BCUT2D eigenvalue weighted by Gasteiger charge is 2.37. The zero-order valence-corrected chi connectivity index (χ0v) is 20.2. The van der Waals surface area contributed by atoms with E-state index in [2.05, 4.69) is 17.4 Å². The number of nitrogens with zero attached hydrogens (tertiary/aromatic N) is 1. The number of hydrogen-bond acceptors (Lipinski definition) is 5. The molecule has 1 aromatic rings. The van der Waals surface area contributed by atoms with Gasteiger partial charge in [-0.25, -0.2) is 4.79 Å². The zero-order valence-electron chi connectivity index (χ0n) is 20.2. The number of carbonyl (C=O) groups is 2. The fourth-order valence-corrected chi connectivity index (χ4v) is 5.32. The molecule has 5 rings (SSSR count). The molecule has 182 valence electrons. The number of rotatable bonds is 1. The molecule has 7 nitrogen and oxygen atoms in total. The summed E-state index contributed by atoms with van der Waals surface area (Å²) in [4.78, 5) is 27.6. The SMILES string of the molecule is CC(C)(C)OC(=O)N[C@H]1CCCN2C(=O)CCOc3ccccc3C3CCC(CC3)OC[C@@H]12. The third kappa shape index (κ3) is 6.19. The first-order valence-electron chi connectivity index (χ1n) is 12.4. The lowest BCUT2D eigenvalue weighted by Gasteiger charge is -2.42. The summed E-state index contributed by atoms with van der Waals surface area (Å²) in [5.74, 6) is 1.40. The van der Waals surface area contributed by atoms with Crippen molar-refractivity contribution in [2.75, 3.05) is 19.8 Å². The van der Waals surface area contributed by atoms with Crippen LogP contribution in [-0.4, -0.2) is 60.4 Å². The monoisotopic (exact) mass is 458 g/mol. The number of fused-ring (bicyclic) bond motifs is 6. The Labute approximate surface area is 197 Å². The van der Waals surface area contributed by atoms with E-state index in [1.54, 1.807) is 0 Å². The minimum Gasteiger partial charge on any atom is -0.493 e. The molecular formula is C26H38N2O5. The Bertz CT molecular complexity index is 828. The van der Waals surface area contributed by atoms with Crippen LogP contribution in [0.25, 0.3) is 0 Å². The average molecular weight is 459 g/mol. The third-order valence-corrected chi connectivity index (χ3v) is 6.91. The number of alkyl carbamates (subject to hydrolysis) is 1. The molecule has 1 N–H and O–H groups in total. The normalized spacial score (nSPS) is 28.7. The Kier molecular flexibility index (Phi) is 7.47. The number of hydrogen-bond donors (Lipinski definition) is 1. The van der Waals surface area contributed by atoms with Gasteiger partial charge in [0.25, 0.3) is 0 Å². The van der Waals surface area contributed by atoms with Gasteiger partial charge in [-0.2, -0.15) is 0 Å². The molecule has 33 heavy (non-hydrogen) atoms. The van der Waals surface area contributed by atoms with Gasteiger partial charge in [-0.3, -0.25) is 4.79 Å². The summed E-state index contributed by atoms with van der Waals surface area (Å²) in [6.45, 7) is 6.99. The van der Waals surface area contributed by atoms with Crippen molar-refractivity contribution in [1.82, 2.24) is 10.2 Å². The van der Waals surface area contributed by atoms with Crippen LogP contribution in [0.1, 0.15) is 77.2 Å². The number of benzene rings is 1. The van der Waals surface area contributed by atoms with Crippen LogP contribution in [0.5, 0.6) is 5.75 Å². The van der Waals surface area contributed by atoms with Crippen LogP contribution in [0, 0.1) is 0 Å². The van der Waals surface area contributed by atoms with Crippen LogP contribution in [-0.2, 0) is 14.3 Å². The Balaban J connectivity index is 1.51. The minimum absolute atomic E-state index is 0.0407. The Morgan fingerprint density at radius 2 is 1.88 bits per heavy atom. The predicted octanol–water partition coefficient (Wildman–Crippen LogP) is 4.40. The Hall–Kier alpha value is -2.28. The van der Waals surface area contributed by atoms with E-state index in [-0.39, 0.29) is 24.1 Å². The van der Waals surface area contributed by atoms with Crippen LogP contribution in [0.4, 0.5) is 4.79 Å². The van der Waals surface area contributed by atoms with Crippen molar-refractivity contribution in [3.8, 4) is 5.75 Å². The highest BCUT2D eigenvalue weighted by molar-refractivity contribution is 5.77. The van der Waals surface area contributed by atoms with Crippen LogP contribution >= 0.6 is 0 Å². The summed E-state index contributed by atoms with van der Waals surface area (Å²) in [5.41, 5.74) is 0.679. The summed E-state index contributed by atoms with van der Waals surface area (Å²) in [5, 5.41) is 3.02. The average Bonchev–Trinajstić information content (AvgIpc) is 2.77. The molecule has 2 amide bonds. The molecular weight excluding hydrogens is 420 g/mol. The van der Waals surface area contributed by atoms with Crippen LogP contribution in [0.15, 0.2) is 24.3 Å². The summed E-state index contributed by atoms with van der Waals surface area (Å²) >= 11 is 0. The van der Waals surface area contributed by atoms with Gasteiger partial charge < -0.3 is 24.4 Å². The molecule has 2 bridgehead atoms. The first kappa shape index (κ1) is 23.9. The number of piperidine rings is 1. The van der Waals surface area contributed by atoms with E-state index >= 15 is 0 Å². The zero-order chi connectivity index (χ0) is 23.4. The Morgan fingerprint density at radius 3 is 2.64 bits per heavy atom. The fraction of sp³-hybridized carbons (Fsp3) is 0.692. The molecule has 1 aliphatic carbocycles. The molecule has 0 unspecified atom stereocenters. The predicted molar refractivity (Wildman–Crippen MR) is 125 cm³/mol. The van der Waals surface area contributed by atoms with Crippen molar-refractivity contribution >= 4 is 12.0 Å². The van der Waals surface area contributed by atoms with Gasteiger partial charge in [-0.05, 0) is 76.8 Å². The molecule has 3 heterocycles. The van der Waals surface area contributed by atoms with Crippen molar-refractivity contribution in [2.24, 2.45) is 0 Å². The van der Waals surface area contributed by atoms with Crippen molar-refractivity contribution in [1.29, 1.82) is 0 Å². The quantitative estimate of drug-likeness (QED) is 0.675. The van der Waals surface area contributed by atoms with Crippen molar-refractivity contribution < 1.29 is 23.8 Å². The van der Waals surface area contributed by atoms with E-state index in [9.17, 15) is 9.59 Å². The first-order chi connectivity index (χ1) is 15.8. The molecule has 7 heteroatoms. The molecule has 1 saturated carbocycles. The second-order valence-electron chi connectivity index (χ2n) is 10.5. The van der Waals surface area contributed by atoms with Crippen LogP contribution in [0.3, 0.4) is 0 Å². The largest absolute Gasteiger partial charge is 0.493 e. The molecule has 0 aromatic heterocycles. The molecule has 0 radical (unpaired) electrons. The lowest BCUT2D eigenvalue weighted by Crippen LogP contribution is -2.59. The lowest BCUT2D eigenvalue weighted by atomic mass is 9.82. The van der Waals surface area contributed by atoms with Gasteiger partial charge in [0.15, 0.2) is 0 Å². The van der Waals surface area contributed by atoms with E-state index in [1.165, 1.54) is 5.56 Å². The maximum atomic E-state index is 13.2. The highest BCUT2D eigenvalue weighted by atomic mass is 16.6. The second-order valence-corrected chi connectivity index (χ2v) is 10.5. The molecule has 3 aliphatic heterocycles. The van der Waals surface area contributed by atoms with E-state index in [4.69, 9.17) is 14.2 Å². The summed E-state index contributed by atoms with van der Waals surface area (Å²) < 4.78 is 18.0. The summed E-state index contributed by atoms with van der Waals surface area (Å²) in [6.07, 6.45) is 5.78. The van der Waals surface area contributed by atoms with Gasteiger partial charge in [0.05, 0.1) is 37.8 Å². The van der Waals surface area contributed by atoms with Crippen molar-refractivity contribution in [3.63, 3.8) is 0 Å². The van der Waals surface area contributed by atoms with Gasteiger partial charge >= 0.3 is 6.09 Å². The van der Waals surface area contributed by atoms with Gasteiger partial charge in [0, 0.05) is 6.54 Å². The minimum atomic E-state index is -0.569. The van der Waals surface area contributed by atoms with Gasteiger partial charge in [-0.1, -0.05) is 18.2 Å². The van der Waals surface area contributed by atoms with E-state index < -0.39 is 11.7 Å². The third-order valence-electron chi connectivity index (χ3n) is 6.91. The molecule has 4 aliphatic rings. The molecule has 1 saturated heterocycles. The maximum Gasteiger partial charge on any atom is 0.407 e. The van der Waals surface area contributed by atoms with Gasteiger partial charge in [0.2, 0.25) is 5.91 Å².